The van der Waals surface area contributed by atoms with Crippen molar-refractivity contribution in [2.75, 3.05) is 0 Å². The lowest BCUT2D eigenvalue weighted by atomic mass is 10.3. The average molecular weight is 237 g/mol. The number of benzene rings is 1. The first-order chi connectivity index (χ1) is 7.48. The highest BCUT2D eigenvalue weighted by atomic mass is 32.2. The minimum atomic E-state index is -3.76. The van der Waals surface area contributed by atoms with Crippen molar-refractivity contribution < 1.29 is 8.42 Å². The van der Waals surface area contributed by atoms with Gasteiger partial charge in [0.25, 0.3) is 10.0 Å². The van der Waals surface area contributed by atoms with Gasteiger partial charge in [0.1, 0.15) is 0 Å². The Balaban J connectivity index is 2.67. The van der Waals surface area contributed by atoms with Crippen molar-refractivity contribution in [3.05, 3.63) is 42.1 Å². The Morgan fingerprint density at radius 1 is 1.25 bits per heavy atom. The molecule has 0 atom stereocenters. The number of aryl methyl sites for hydroxylation is 1. The first-order valence-electron chi connectivity index (χ1n) is 4.63. The van der Waals surface area contributed by atoms with Gasteiger partial charge in [0.15, 0.2) is 5.03 Å². The molecule has 0 aliphatic carbocycles. The van der Waals surface area contributed by atoms with Crippen LogP contribution in [0.3, 0.4) is 0 Å². The molecule has 1 heterocycles. The summed E-state index contributed by atoms with van der Waals surface area (Å²) >= 11 is 0. The molecule has 0 saturated heterocycles. The van der Waals surface area contributed by atoms with Gasteiger partial charge in [-0.3, -0.25) is 0 Å². The van der Waals surface area contributed by atoms with E-state index < -0.39 is 10.0 Å². The Morgan fingerprint density at radius 2 is 1.88 bits per heavy atom. The minimum Gasteiger partial charge on any atom is -0.223 e. The molecule has 16 heavy (non-hydrogen) atoms. The standard InChI is InChI=1S/C10H11N3O2S/c1-8-7-10(16(11,14)15)13(12-8)9-5-3-2-4-6-9/h2-7H,1H3,(H2,11,14,15). The summed E-state index contributed by atoms with van der Waals surface area (Å²) in [6.45, 7) is 1.72. The van der Waals surface area contributed by atoms with Crippen molar-refractivity contribution in [2.24, 2.45) is 5.14 Å². The highest BCUT2D eigenvalue weighted by molar-refractivity contribution is 7.89. The molecule has 0 fully saturated rings. The molecular formula is C10H11N3O2S. The Bertz CT molecular complexity index is 602. The fourth-order valence-corrected chi connectivity index (χ4v) is 2.15. The Morgan fingerprint density at radius 3 is 2.44 bits per heavy atom. The molecule has 6 heteroatoms. The van der Waals surface area contributed by atoms with Crippen LogP contribution >= 0.6 is 0 Å². The summed E-state index contributed by atoms with van der Waals surface area (Å²) in [5.41, 5.74) is 1.27. The van der Waals surface area contributed by atoms with Crippen molar-refractivity contribution in [1.82, 2.24) is 9.78 Å². The van der Waals surface area contributed by atoms with E-state index in [4.69, 9.17) is 5.14 Å². The molecule has 0 amide bonds. The van der Waals surface area contributed by atoms with E-state index in [1.165, 1.54) is 10.7 Å². The van der Waals surface area contributed by atoms with Crippen LogP contribution in [0.4, 0.5) is 0 Å². The van der Waals surface area contributed by atoms with Crippen molar-refractivity contribution in [3.8, 4) is 5.69 Å². The summed E-state index contributed by atoms with van der Waals surface area (Å²) in [4.78, 5) is 0. The van der Waals surface area contributed by atoms with Crippen LogP contribution < -0.4 is 5.14 Å². The maximum absolute atomic E-state index is 11.4. The van der Waals surface area contributed by atoms with Gasteiger partial charge in [-0.1, -0.05) is 18.2 Å². The first-order valence-corrected chi connectivity index (χ1v) is 6.18. The molecule has 0 bridgehead atoms. The van der Waals surface area contributed by atoms with E-state index in [0.717, 1.165) is 0 Å². The molecule has 0 unspecified atom stereocenters. The van der Waals surface area contributed by atoms with Crippen molar-refractivity contribution >= 4 is 10.0 Å². The third-order valence-corrected chi connectivity index (χ3v) is 2.96. The molecule has 0 aliphatic heterocycles. The average Bonchev–Trinajstić information content (AvgIpc) is 2.61. The second kappa shape index (κ2) is 3.73. The zero-order valence-corrected chi connectivity index (χ0v) is 9.48. The number of nitrogens with two attached hydrogens (primary N) is 1. The van der Waals surface area contributed by atoms with Gasteiger partial charge in [-0.25, -0.2) is 18.2 Å². The summed E-state index contributed by atoms with van der Waals surface area (Å²) in [6.07, 6.45) is 0. The van der Waals surface area contributed by atoms with Crippen molar-refractivity contribution in [2.45, 2.75) is 11.9 Å². The SMILES string of the molecule is Cc1cc(S(N)(=O)=O)n(-c2ccccc2)n1. The maximum atomic E-state index is 11.4. The van der Waals surface area contributed by atoms with E-state index in [9.17, 15) is 8.42 Å². The van der Waals surface area contributed by atoms with Crippen LogP contribution in [0.5, 0.6) is 0 Å². The van der Waals surface area contributed by atoms with Crippen LogP contribution in [0.15, 0.2) is 41.4 Å². The second-order valence-corrected chi connectivity index (χ2v) is 4.92. The van der Waals surface area contributed by atoms with E-state index >= 15 is 0 Å². The number of hydrogen-bond donors (Lipinski definition) is 1. The van der Waals surface area contributed by atoms with Crippen LogP contribution in [-0.2, 0) is 10.0 Å². The molecule has 1 aromatic heterocycles. The van der Waals surface area contributed by atoms with Gasteiger partial charge in [-0.05, 0) is 25.1 Å². The van der Waals surface area contributed by atoms with Crippen LogP contribution in [0.25, 0.3) is 5.69 Å². The van der Waals surface area contributed by atoms with Crippen LogP contribution in [-0.4, -0.2) is 18.2 Å². The predicted molar refractivity (Wildman–Crippen MR) is 59.7 cm³/mol. The predicted octanol–water partition coefficient (Wildman–Crippen LogP) is 0.828. The highest BCUT2D eigenvalue weighted by Crippen LogP contribution is 2.15. The van der Waals surface area contributed by atoms with E-state index in [1.807, 2.05) is 6.07 Å². The number of aromatic nitrogens is 2. The van der Waals surface area contributed by atoms with E-state index in [2.05, 4.69) is 5.10 Å². The summed E-state index contributed by atoms with van der Waals surface area (Å²) in [6, 6.07) is 10.4. The summed E-state index contributed by atoms with van der Waals surface area (Å²) in [7, 11) is -3.76. The number of sulfonamides is 1. The van der Waals surface area contributed by atoms with Crippen LogP contribution in [0, 0.1) is 6.92 Å². The molecule has 2 N–H and O–H groups in total. The number of hydrogen-bond acceptors (Lipinski definition) is 3. The quantitative estimate of drug-likeness (QED) is 0.840. The number of rotatable bonds is 2. The molecule has 2 rings (SSSR count). The van der Waals surface area contributed by atoms with Gasteiger partial charge in [0.2, 0.25) is 0 Å². The van der Waals surface area contributed by atoms with Gasteiger partial charge in [-0.15, -0.1) is 0 Å². The van der Waals surface area contributed by atoms with E-state index in [1.54, 1.807) is 31.2 Å². The molecule has 0 radical (unpaired) electrons. The molecule has 1 aromatic carbocycles. The largest absolute Gasteiger partial charge is 0.255 e. The molecule has 2 aromatic rings. The Labute approximate surface area is 93.6 Å². The monoisotopic (exact) mass is 237 g/mol. The third kappa shape index (κ3) is 1.98. The second-order valence-electron chi connectivity index (χ2n) is 3.42. The van der Waals surface area contributed by atoms with Gasteiger partial charge >= 0.3 is 0 Å². The number of para-hydroxylation sites is 1. The molecule has 0 aliphatic rings. The first kappa shape index (κ1) is 10.8. The topological polar surface area (TPSA) is 78.0 Å². The highest BCUT2D eigenvalue weighted by Gasteiger charge is 2.17. The lowest BCUT2D eigenvalue weighted by Crippen LogP contribution is -2.17. The Hall–Kier alpha value is -1.66. The van der Waals surface area contributed by atoms with Crippen LogP contribution in [0.2, 0.25) is 0 Å². The van der Waals surface area contributed by atoms with Gasteiger partial charge < -0.3 is 0 Å². The zero-order valence-electron chi connectivity index (χ0n) is 8.66. The fourth-order valence-electron chi connectivity index (χ4n) is 1.43. The lowest BCUT2D eigenvalue weighted by molar-refractivity contribution is 0.587. The summed E-state index contributed by atoms with van der Waals surface area (Å²) in [5.74, 6) is 0. The molecule has 5 nitrogen and oxygen atoms in total. The fraction of sp³-hybridized carbons (Fsp3) is 0.100. The van der Waals surface area contributed by atoms with Gasteiger partial charge in [0.05, 0.1) is 11.4 Å². The molecule has 0 saturated carbocycles. The minimum absolute atomic E-state index is 0.00352. The van der Waals surface area contributed by atoms with Gasteiger partial charge in [-0.2, -0.15) is 5.10 Å². The normalized spacial score (nSPS) is 11.6. The van der Waals surface area contributed by atoms with Crippen LogP contribution in [0.1, 0.15) is 5.69 Å². The Kier molecular flexibility index (Phi) is 2.53. The van der Waals surface area contributed by atoms with Crippen molar-refractivity contribution in [1.29, 1.82) is 0 Å². The smallest absolute Gasteiger partial charge is 0.223 e. The van der Waals surface area contributed by atoms with E-state index in [-0.39, 0.29) is 5.03 Å². The summed E-state index contributed by atoms with van der Waals surface area (Å²) < 4.78 is 24.0. The molecule has 0 spiro atoms. The molecular weight excluding hydrogens is 226 g/mol. The number of primary sulfonamides is 1. The van der Waals surface area contributed by atoms with Crippen molar-refractivity contribution in [3.63, 3.8) is 0 Å². The third-order valence-electron chi connectivity index (χ3n) is 2.09. The lowest BCUT2D eigenvalue weighted by Gasteiger charge is -2.04. The van der Waals surface area contributed by atoms with E-state index in [0.29, 0.717) is 11.4 Å². The van der Waals surface area contributed by atoms with Gasteiger partial charge in [0, 0.05) is 0 Å². The molecule has 84 valence electrons. The zero-order chi connectivity index (χ0) is 11.8. The number of nitrogens with zero attached hydrogens (tertiary/aromatic N) is 2. The summed E-state index contributed by atoms with van der Waals surface area (Å²) in [5, 5.41) is 9.22. The maximum Gasteiger partial charge on any atom is 0.255 e.